The molecule has 0 saturated heterocycles. The Morgan fingerprint density at radius 1 is 0.875 bits per heavy atom. The van der Waals surface area contributed by atoms with Crippen LogP contribution in [0.4, 0.5) is 0 Å². The minimum atomic E-state index is -0.0964. The van der Waals surface area contributed by atoms with Gasteiger partial charge in [-0.3, -0.25) is 15.9 Å². The first kappa shape index (κ1) is 35.8. The molecule has 0 bridgehead atoms. The second kappa shape index (κ2) is 30.2. The molecular formula is C25H48LiN2O4-. The van der Waals surface area contributed by atoms with E-state index in [9.17, 15) is 14.4 Å². The van der Waals surface area contributed by atoms with Crippen LogP contribution in [-0.4, -0.2) is 56.9 Å². The summed E-state index contributed by atoms with van der Waals surface area (Å²) in [6, 6.07) is 0. The molecule has 0 aliphatic heterocycles. The Morgan fingerprint density at radius 3 is 1.88 bits per heavy atom. The van der Waals surface area contributed by atoms with Gasteiger partial charge in [0.05, 0.1) is 0 Å². The molecule has 0 fully saturated rings. The molecule has 0 atom stereocenters. The normalized spacial score (nSPS) is 10.0. The van der Waals surface area contributed by atoms with E-state index < -0.39 is 0 Å². The van der Waals surface area contributed by atoms with Gasteiger partial charge in [-0.1, -0.05) is 77.6 Å². The van der Waals surface area contributed by atoms with Crippen molar-refractivity contribution < 1.29 is 38.0 Å². The molecule has 0 saturated carbocycles. The molecule has 0 heterocycles. The van der Waals surface area contributed by atoms with Crippen LogP contribution in [0.25, 0.3) is 0 Å². The summed E-state index contributed by atoms with van der Waals surface area (Å²) in [5.41, 5.74) is 0. The summed E-state index contributed by atoms with van der Waals surface area (Å²) in [6.45, 7) is 7.33. The van der Waals surface area contributed by atoms with E-state index in [0.29, 0.717) is 32.2 Å². The number of esters is 1. The Hall–Kier alpha value is -0.833. The number of unbranched alkanes of at least 4 members (excludes halogenated alkanes) is 11. The SMILES string of the molecule is CN(C)CCC(=O)NCCC[C-]=O.[CH2-]COC(=O)CCCCCCCCCCCCC.[Li+]. The van der Waals surface area contributed by atoms with E-state index in [1.807, 2.05) is 19.0 Å². The third kappa shape index (κ3) is 33.8. The predicted octanol–water partition coefficient (Wildman–Crippen LogP) is 2.01. The fourth-order valence-corrected chi connectivity index (χ4v) is 2.92. The van der Waals surface area contributed by atoms with Gasteiger partial charge in [0.25, 0.3) is 0 Å². The van der Waals surface area contributed by atoms with Crippen LogP contribution >= 0.6 is 0 Å². The Balaban J connectivity index is -0.000000535. The number of nitrogens with zero attached hydrogens (tertiary/aromatic N) is 1. The maximum Gasteiger partial charge on any atom is 1.00 e. The Bertz CT molecular complexity index is 421. The van der Waals surface area contributed by atoms with Crippen LogP contribution in [0.3, 0.4) is 0 Å². The van der Waals surface area contributed by atoms with Crippen molar-refractivity contribution in [2.75, 3.05) is 33.8 Å². The van der Waals surface area contributed by atoms with Crippen LogP contribution in [-0.2, 0) is 19.1 Å². The molecule has 32 heavy (non-hydrogen) atoms. The Morgan fingerprint density at radius 2 is 1.41 bits per heavy atom. The number of amides is 1. The van der Waals surface area contributed by atoms with Gasteiger partial charge in [0, 0.05) is 25.9 Å². The first-order valence-electron chi connectivity index (χ1n) is 12.2. The van der Waals surface area contributed by atoms with Crippen LogP contribution in [0.15, 0.2) is 0 Å². The van der Waals surface area contributed by atoms with Crippen molar-refractivity contribution in [3.8, 4) is 0 Å². The van der Waals surface area contributed by atoms with Crippen molar-refractivity contribution in [1.29, 1.82) is 0 Å². The summed E-state index contributed by atoms with van der Waals surface area (Å²) in [4.78, 5) is 33.9. The number of carbonyl (C=O) groups is 2. The first-order chi connectivity index (χ1) is 15.0. The summed E-state index contributed by atoms with van der Waals surface area (Å²) in [5.74, 6) is -0.0551. The molecule has 1 N–H and O–H groups in total. The molecule has 0 rings (SSSR count). The van der Waals surface area contributed by atoms with Gasteiger partial charge in [-0.2, -0.15) is 6.42 Å². The van der Waals surface area contributed by atoms with E-state index >= 15 is 0 Å². The van der Waals surface area contributed by atoms with Gasteiger partial charge in [0.2, 0.25) is 5.91 Å². The molecule has 0 spiro atoms. The Kier molecular flexibility index (Phi) is 33.7. The monoisotopic (exact) mass is 447 g/mol. The molecule has 0 aliphatic rings. The molecule has 6 nitrogen and oxygen atoms in total. The van der Waals surface area contributed by atoms with Crippen molar-refractivity contribution >= 4 is 18.2 Å². The van der Waals surface area contributed by atoms with Crippen LogP contribution in [0.1, 0.15) is 103 Å². The summed E-state index contributed by atoms with van der Waals surface area (Å²) >= 11 is 0. The van der Waals surface area contributed by atoms with Crippen molar-refractivity contribution in [3.05, 3.63) is 6.92 Å². The largest absolute Gasteiger partial charge is 1.00 e. The van der Waals surface area contributed by atoms with E-state index in [2.05, 4.69) is 19.2 Å². The topological polar surface area (TPSA) is 75.7 Å². The summed E-state index contributed by atoms with van der Waals surface area (Å²) < 4.78 is 4.78. The molecule has 0 aromatic heterocycles. The van der Waals surface area contributed by atoms with E-state index in [4.69, 9.17) is 4.74 Å². The second-order valence-corrected chi connectivity index (χ2v) is 8.16. The summed E-state index contributed by atoms with van der Waals surface area (Å²) in [6.07, 6.45) is 18.3. The van der Waals surface area contributed by atoms with Gasteiger partial charge in [-0.15, -0.1) is 0 Å². The quantitative estimate of drug-likeness (QED) is 0.134. The minimum Gasteiger partial charge on any atom is -0.542 e. The summed E-state index contributed by atoms with van der Waals surface area (Å²) in [5, 5.41) is 2.73. The average molecular weight is 448 g/mol. The molecule has 0 aromatic carbocycles. The van der Waals surface area contributed by atoms with E-state index in [1.54, 1.807) is 6.29 Å². The molecule has 1 amide bonds. The van der Waals surface area contributed by atoms with Gasteiger partial charge in [0.1, 0.15) is 0 Å². The van der Waals surface area contributed by atoms with Crippen LogP contribution in [0, 0.1) is 6.92 Å². The molecule has 0 unspecified atom stereocenters. The average Bonchev–Trinajstić information content (AvgIpc) is 2.74. The van der Waals surface area contributed by atoms with Crippen LogP contribution in [0.2, 0.25) is 0 Å². The number of carbonyl (C=O) groups excluding carboxylic acids is 3. The third-order valence-electron chi connectivity index (χ3n) is 4.81. The zero-order chi connectivity index (χ0) is 23.6. The molecule has 0 radical (unpaired) electrons. The summed E-state index contributed by atoms with van der Waals surface area (Å²) in [7, 11) is 3.85. The van der Waals surface area contributed by atoms with Gasteiger partial charge < -0.3 is 26.7 Å². The number of ether oxygens (including phenoxy) is 1. The zero-order valence-corrected chi connectivity index (χ0v) is 21.5. The number of nitrogens with one attached hydrogen (secondary N) is 1. The van der Waals surface area contributed by atoms with E-state index in [-0.39, 0.29) is 37.3 Å². The van der Waals surface area contributed by atoms with Crippen molar-refractivity contribution in [1.82, 2.24) is 10.2 Å². The molecule has 184 valence electrons. The van der Waals surface area contributed by atoms with Gasteiger partial charge in [0.15, 0.2) is 0 Å². The van der Waals surface area contributed by atoms with Crippen LogP contribution in [0.5, 0.6) is 0 Å². The number of rotatable bonds is 20. The van der Waals surface area contributed by atoms with E-state index in [1.165, 1.54) is 57.8 Å². The molecule has 0 aliphatic carbocycles. The van der Waals surface area contributed by atoms with E-state index in [0.717, 1.165) is 19.4 Å². The maximum atomic E-state index is 11.1. The standard InChI is InChI=1S/C16H31O2.C9H17N2O2.Li/c1-3-5-6-7-8-9-10-11-12-13-14-15-16(17)18-4-2;1-11(2)7-5-9(13)10-6-3-4-8-12;/h2-15H2,1H3;3-7H2,1-2H3,(H,10,13);/q2*-1;+1. The third-order valence-corrected chi connectivity index (χ3v) is 4.81. The van der Waals surface area contributed by atoms with Crippen molar-refractivity contribution in [2.45, 2.75) is 103 Å². The van der Waals surface area contributed by atoms with Gasteiger partial charge in [-0.05, 0) is 27.1 Å². The maximum absolute atomic E-state index is 11.1. The fourth-order valence-electron chi connectivity index (χ4n) is 2.92. The second-order valence-electron chi connectivity index (χ2n) is 8.16. The van der Waals surface area contributed by atoms with Crippen molar-refractivity contribution in [2.24, 2.45) is 0 Å². The molecule has 0 aromatic rings. The minimum absolute atomic E-state index is 0. The molecule has 7 heteroatoms. The van der Waals surface area contributed by atoms with Gasteiger partial charge >= 0.3 is 24.8 Å². The number of hydrogen-bond acceptors (Lipinski definition) is 5. The van der Waals surface area contributed by atoms with Gasteiger partial charge in [-0.25, -0.2) is 0 Å². The predicted molar refractivity (Wildman–Crippen MR) is 129 cm³/mol. The smallest absolute Gasteiger partial charge is 0.542 e. The fraction of sp³-hybridized carbons (Fsp3) is 0.840. The zero-order valence-electron chi connectivity index (χ0n) is 21.5. The number of hydrogen-bond donors (Lipinski definition) is 1. The van der Waals surface area contributed by atoms with Crippen molar-refractivity contribution in [3.63, 3.8) is 0 Å². The molecular weight excluding hydrogens is 399 g/mol. The Labute approximate surface area is 210 Å². The first-order valence-corrected chi connectivity index (χ1v) is 12.2. The van der Waals surface area contributed by atoms with Crippen LogP contribution < -0.4 is 24.2 Å².